The van der Waals surface area contributed by atoms with Crippen molar-refractivity contribution in [2.24, 2.45) is 0 Å². The fourth-order valence-corrected chi connectivity index (χ4v) is 6.50. The summed E-state index contributed by atoms with van der Waals surface area (Å²) in [6.45, 7) is 1.33. The molecule has 0 aromatic heterocycles. The van der Waals surface area contributed by atoms with E-state index >= 15 is 0 Å². The fraction of sp³-hybridized carbons (Fsp3) is 0.391. The number of anilines is 2. The number of thioether (sulfide) groups is 1. The van der Waals surface area contributed by atoms with Crippen LogP contribution in [-0.2, 0) is 19.6 Å². The van der Waals surface area contributed by atoms with Crippen molar-refractivity contribution in [3.8, 4) is 0 Å². The van der Waals surface area contributed by atoms with Crippen molar-refractivity contribution in [2.45, 2.75) is 41.9 Å². The van der Waals surface area contributed by atoms with Gasteiger partial charge in [-0.25, -0.2) is 8.42 Å². The number of sulfonamides is 1. The third-order valence-electron chi connectivity index (χ3n) is 5.69. The summed E-state index contributed by atoms with van der Waals surface area (Å²) >= 11 is 1.50. The van der Waals surface area contributed by atoms with Crippen molar-refractivity contribution in [3.63, 3.8) is 0 Å². The Bertz CT molecular complexity index is 1100. The Morgan fingerprint density at radius 3 is 2.53 bits per heavy atom. The molecule has 0 unspecified atom stereocenters. The molecule has 1 N–H and O–H groups in total. The molecule has 2 heterocycles. The van der Waals surface area contributed by atoms with E-state index in [0.717, 1.165) is 36.3 Å². The maximum absolute atomic E-state index is 13.0. The molecule has 2 aliphatic rings. The first-order chi connectivity index (χ1) is 15.4. The van der Waals surface area contributed by atoms with E-state index in [2.05, 4.69) is 5.32 Å². The van der Waals surface area contributed by atoms with E-state index < -0.39 is 10.0 Å². The summed E-state index contributed by atoms with van der Waals surface area (Å²) in [5.74, 6) is 0.0690. The fourth-order valence-electron chi connectivity index (χ4n) is 4.00. The Kier molecular flexibility index (Phi) is 7.17. The van der Waals surface area contributed by atoms with Crippen molar-refractivity contribution in [3.05, 3.63) is 48.5 Å². The monoisotopic (exact) mass is 473 g/mol. The van der Waals surface area contributed by atoms with Crippen molar-refractivity contribution >= 4 is 45.0 Å². The number of hydrogen-bond acceptors (Lipinski definition) is 5. The van der Waals surface area contributed by atoms with Gasteiger partial charge < -0.3 is 10.2 Å². The molecule has 2 aromatic carbocycles. The van der Waals surface area contributed by atoms with Gasteiger partial charge in [-0.05, 0) is 43.2 Å². The van der Waals surface area contributed by atoms with Gasteiger partial charge in [0.25, 0.3) is 0 Å². The summed E-state index contributed by atoms with van der Waals surface area (Å²) in [5.41, 5.74) is 1.26. The molecule has 0 saturated carbocycles. The Morgan fingerprint density at radius 1 is 1.00 bits per heavy atom. The second kappa shape index (κ2) is 10.1. The van der Waals surface area contributed by atoms with Gasteiger partial charge in [0.2, 0.25) is 21.8 Å². The molecule has 2 amide bonds. The molecule has 1 saturated heterocycles. The van der Waals surface area contributed by atoms with Gasteiger partial charge in [0, 0.05) is 36.6 Å². The SMILES string of the molecule is O=C(CCN1C(=O)CSc2ccccc21)Nc1cccc(S(=O)(=O)N2CCCCCC2)c1. The van der Waals surface area contributed by atoms with Crippen molar-refractivity contribution in [1.82, 2.24) is 4.31 Å². The van der Waals surface area contributed by atoms with E-state index in [4.69, 9.17) is 0 Å². The number of benzene rings is 2. The lowest BCUT2D eigenvalue weighted by Crippen LogP contribution is -2.37. The number of hydrogen-bond donors (Lipinski definition) is 1. The van der Waals surface area contributed by atoms with Crippen LogP contribution in [0, 0.1) is 0 Å². The standard InChI is InChI=1S/C23H27N3O4S2/c27-22(12-15-26-20-10-3-4-11-21(20)31-17-23(26)28)24-18-8-7-9-19(16-18)32(29,30)25-13-5-1-2-6-14-25/h3-4,7-11,16H,1-2,5-6,12-15,17H2,(H,24,27). The molecule has 0 spiro atoms. The van der Waals surface area contributed by atoms with Crippen LogP contribution in [0.1, 0.15) is 32.1 Å². The van der Waals surface area contributed by atoms with Crippen LogP contribution in [0.15, 0.2) is 58.3 Å². The Hall–Kier alpha value is -2.36. The van der Waals surface area contributed by atoms with Crippen LogP contribution < -0.4 is 10.2 Å². The maximum Gasteiger partial charge on any atom is 0.243 e. The van der Waals surface area contributed by atoms with Crippen LogP contribution in [-0.4, -0.2) is 49.9 Å². The zero-order chi connectivity index (χ0) is 22.6. The third-order valence-corrected chi connectivity index (χ3v) is 8.63. The average Bonchev–Trinajstić information content (AvgIpc) is 3.09. The zero-order valence-electron chi connectivity index (χ0n) is 17.8. The first-order valence-electron chi connectivity index (χ1n) is 10.9. The lowest BCUT2D eigenvalue weighted by molar-refractivity contribution is -0.117. The first kappa shape index (κ1) is 22.8. The van der Waals surface area contributed by atoms with E-state index in [9.17, 15) is 18.0 Å². The molecule has 32 heavy (non-hydrogen) atoms. The maximum atomic E-state index is 13.0. The number of fused-ring (bicyclic) bond motifs is 1. The van der Waals surface area contributed by atoms with Gasteiger partial charge in [-0.1, -0.05) is 31.0 Å². The highest BCUT2D eigenvalue weighted by atomic mass is 32.2. The molecule has 2 aromatic rings. The van der Waals surface area contributed by atoms with Gasteiger partial charge in [0.1, 0.15) is 0 Å². The zero-order valence-corrected chi connectivity index (χ0v) is 19.5. The first-order valence-corrected chi connectivity index (χ1v) is 13.3. The van der Waals surface area contributed by atoms with Gasteiger partial charge in [-0.2, -0.15) is 4.31 Å². The topological polar surface area (TPSA) is 86.8 Å². The molecule has 0 bridgehead atoms. The summed E-state index contributed by atoms with van der Waals surface area (Å²) in [4.78, 5) is 27.8. The second-order valence-corrected chi connectivity index (χ2v) is 10.9. The van der Waals surface area contributed by atoms with Crippen LogP contribution in [0.25, 0.3) is 0 Å². The summed E-state index contributed by atoms with van der Waals surface area (Å²) in [6, 6.07) is 14.1. The summed E-state index contributed by atoms with van der Waals surface area (Å²) < 4.78 is 27.6. The van der Waals surface area contributed by atoms with Gasteiger partial charge in [-0.15, -0.1) is 11.8 Å². The van der Waals surface area contributed by atoms with Crippen molar-refractivity contribution in [1.29, 1.82) is 0 Å². The van der Waals surface area contributed by atoms with E-state index in [-0.39, 0.29) is 29.7 Å². The van der Waals surface area contributed by atoms with E-state index in [1.165, 1.54) is 17.8 Å². The highest BCUT2D eigenvalue weighted by Gasteiger charge is 2.26. The molecule has 1 fully saturated rings. The molecule has 0 atom stereocenters. The number of amides is 2. The number of carbonyl (C=O) groups excluding carboxylic acids is 2. The lowest BCUT2D eigenvalue weighted by Gasteiger charge is -2.28. The molecule has 170 valence electrons. The van der Waals surface area contributed by atoms with Crippen molar-refractivity contribution in [2.75, 3.05) is 35.6 Å². The highest BCUT2D eigenvalue weighted by molar-refractivity contribution is 8.00. The predicted octanol–water partition coefficient (Wildman–Crippen LogP) is 3.72. The minimum Gasteiger partial charge on any atom is -0.326 e. The molecule has 7 nitrogen and oxygen atoms in total. The molecule has 2 aliphatic heterocycles. The molecular formula is C23H27N3O4S2. The minimum absolute atomic E-state index is 0.0213. The highest BCUT2D eigenvalue weighted by Crippen LogP contribution is 2.35. The van der Waals surface area contributed by atoms with Gasteiger partial charge in [-0.3, -0.25) is 9.59 Å². The quantitative estimate of drug-likeness (QED) is 0.691. The number of para-hydroxylation sites is 1. The molecule has 0 radical (unpaired) electrons. The Labute approximate surface area is 193 Å². The molecule has 0 aliphatic carbocycles. The van der Waals surface area contributed by atoms with Crippen LogP contribution in [0.5, 0.6) is 0 Å². The van der Waals surface area contributed by atoms with Crippen LogP contribution >= 0.6 is 11.8 Å². The minimum atomic E-state index is -3.59. The van der Waals surface area contributed by atoms with Crippen LogP contribution in [0.4, 0.5) is 11.4 Å². The predicted molar refractivity (Wildman–Crippen MR) is 126 cm³/mol. The van der Waals surface area contributed by atoms with Crippen LogP contribution in [0.2, 0.25) is 0 Å². The smallest absolute Gasteiger partial charge is 0.243 e. The van der Waals surface area contributed by atoms with E-state index in [1.807, 2.05) is 24.3 Å². The van der Waals surface area contributed by atoms with Gasteiger partial charge in [0.05, 0.1) is 16.3 Å². The van der Waals surface area contributed by atoms with Crippen molar-refractivity contribution < 1.29 is 18.0 Å². The van der Waals surface area contributed by atoms with Gasteiger partial charge >= 0.3 is 0 Å². The number of nitrogens with one attached hydrogen (secondary N) is 1. The summed E-state index contributed by atoms with van der Waals surface area (Å²) in [7, 11) is -3.59. The van der Waals surface area contributed by atoms with Gasteiger partial charge in [0.15, 0.2) is 0 Å². The summed E-state index contributed by atoms with van der Waals surface area (Å²) in [6.07, 6.45) is 3.95. The van der Waals surface area contributed by atoms with E-state index in [0.29, 0.717) is 24.5 Å². The number of nitrogens with zero attached hydrogens (tertiary/aromatic N) is 2. The number of carbonyl (C=O) groups is 2. The summed E-state index contributed by atoms with van der Waals surface area (Å²) in [5, 5.41) is 2.78. The molecular weight excluding hydrogens is 446 g/mol. The largest absolute Gasteiger partial charge is 0.326 e. The average molecular weight is 474 g/mol. The normalized spacial score (nSPS) is 17.5. The Balaban J connectivity index is 1.41. The van der Waals surface area contributed by atoms with E-state index in [1.54, 1.807) is 27.4 Å². The second-order valence-electron chi connectivity index (χ2n) is 7.95. The molecule has 4 rings (SSSR count). The third kappa shape index (κ3) is 5.16. The molecule has 9 heteroatoms. The number of rotatable bonds is 6. The van der Waals surface area contributed by atoms with Crippen LogP contribution in [0.3, 0.4) is 0 Å². The lowest BCUT2D eigenvalue weighted by atomic mass is 10.2. The Morgan fingerprint density at radius 2 is 1.75 bits per heavy atom.